The zero-order valence-electron chi connectivity index (χ0n) is 9.12. The van der Waals surface area contributed by atoms with E-state index in [4.69, 9.17) is 0 Å². The Morgan fingerprint density at radius 3 is 2.67 bits per heavy atom. The highest BCUT2D eigenvalue weighted by molar-refractivity contribution is 5.94. The molecule has 0 aliphatic heterocycles. The lowest BCUT2D eigenvalue weighted by atomic mass is 10.1. The zero-order valence-corrected chi connectivity index (χ0v) is 9.12. The van der Waals surface area contributed by atoms with Crippen molar-refractivity contribution in [2.45, 2.75) is 26.8 Å². The van der Waals surface area contributed by atoms with Crippen LogP contribution < -0.4 is 5.32 Å². The zero-order chi connectivity index (χ0) is 11.4. The predicted molar refractivity (Wildman–Crippen MR) is 56.0 cm³/mol. The molecule has 0 saturated heterocycles. The minimum absolute atomic E-state index is 0.0186. The lowest BCUT2D eigenvalue weighted by Gasteiger charge is -2.17. The third-order valence-electron chi connectivity index (χ3n) is 2.38. The van der Waals surface area contributed by atoms with Crippen molar-refractivity contribution in [3.63, 3.8) is 0 Å². The number of aromatic nitrogens is 1. The number of carbonyl (C=O) groups excluding carboxylic acids is 1. The minimum Gasteiger partial charge on any atom is -0.349 e. The molecule has 0 aliphatic carbocycles. The van der Waals surface area contributed by atoms with Crippen LogP contribution in [-0.4, -0.2) is 16.9 Å². The third kappa shape index (κ3) is 3.01. The Balaban J connectivity index is 2.74. The molecule has 0 aromatic carbocycles. The van der Waals surface area contributed by atoms with Gasteiger partial charge in [0.1, 0.15) is 0 Å². The van der Waals surface area contributed by atoms with E-state index < -0.39 is 11.7 Å². The van der Waals surface area contributed by atoms with Crippen molar-refractivity contribution >= 4 is 5.91 Å². The van der Waals surface area contributed by atoms with Crippen LogP contribution in [0.4, 0.5) is 4.39 Å². The van der Waals surface area contributed by atoms with Crippen LogP contribution in [0.25, 0.3) is 0 Å². The number of rotatable bonds is 3. The highest BCUT2D eigenvalue weighted by Gasteiger charge is 2.15. The SMILES string of the molecule is CC(C)C(C)NC(=O)c1ccncc1F. The number of halogens is 1. The molecule has 1 aromatic heterocycles. The molecule has 1 heterocycles. The van der Waals surface area contributed by atoms with Gasteiger partial charge in [-0.25, -0.2) is 4.39 Å². The smallest absolute Gasteiger partial charge is 0.254 e. The summed E-state index contributed by atoms with van der Waals surface area (Å²) in [5.74, 6) is -0.666. The number of hydrogen-bond acceptors (Lipinski definition) is 2. The Bertz CT molecular complexity index is 352. The van der Waals surface area contributed by atoms with Gasteiger partial charge in [-0.2, -0.15) is 0 Å². The molecule has 0 spiro atoms. The van der Waals surface area contributed by atoms with Crippen molar-refractivity contribution in [3.05, 3.63) is 29.8 Å². The molecule has 0 aliphatic rings. The van der Waals surface area contributed by atoms with E-state index in [9.17, 15) is 9.18 Å². The van der Waals surface area contributed by atoms with E-state index >= 15 is 0 Å². The Kier molecular flexibility index (Phi) is 3.77. The summed E-state index contributed by atoms with van der Waals surface area (Å²) in [7, 11) is 0. The first-order valence-electron chi connectivity index (χ1n) is 4.92. The van der Waals surface area contributed by atoms with Crippen LogP contribution in [0.2, 0.25) is 0 Å². The average Bonchev–Trinajstić information content (AvgIpc) is 2.18. The van der Waals surface area contributed by atoms with E-state index in [1.807, 2.05) is 20.8 Å². The molecule has 15 heavy (non-hydrogen) atoms. The first-order chi connectivity index (χ1) is 7.02. The van der Waals surface area contributed by atoms with Crippen molar-refractivity contribution in [1.29, 1.82) is 0 Å². The van der Waals surface area contributed by atoms with Crippen LogP contribution in [0.5, 0.6) is 0 Å². The first kappa shape index (κ1) is 11.6. The maximum Gasteiger partial charge on any atom is 0.254 e. The summed E-state index contributed by atoms with van der Waals surface area (Å²) in [5, 5.41) is 2.73. The number of hydrogen-bond donors (Lipinski definition) is 1. The first-order valence-corrected chi connectivity index (χ1v) is 4.92. The number of carbonyl (C=O) groups is 1. The fourth-order valence-corrected chi connectivity index (χ4v) is 1.01. The third-order valence-corrected chi connectivity index (χ3v) is 2.38. The van der Waals surface area contributed by atoms with E-state index in [1.54, 1.807) is 0 Å². The summed E-state index contributed by atoms with van der Waals surface area (Å²) >= 11 is 0. The lowest BCUT2D eigenvalue weighted by Crippen LogP contribution is -2.36. The van der Waals surface area contributed by atoms with Crippen molar-refractivity contribution in [2.75, 3.05) is 0 Å². The summed E-state index contributed by atoms with van der Waals surface area (Å²) in [6.07, 6.45) is 2.44. The number of nitrogens with zero attached hydrogens (tertiary/aromatic N) is 1. The van der Waals surface area contributed by atoms with Crippen LogP contribution in [-0.2, 0) is 0 Å². The van der Waals surface area contributed by atoms with E-state index in [-0.39, 0.29) is 11.6 Å². The average molecular weight is 210 g/mol. The molecule has 0 bridgehead atoms. The Labute approximate surface area is 88.7 Å². The quantitative estimate of drug-likeness (QED) is 0.829. The standard InChI is InChI=1S/C11H15FN2O/c1-7(2)8(3)14-11(15)9-4-5-13-6-10(9)12/h4-8H,1-3H3,(H,14,15). The molecule has 0 saturated carbocycles. The number of nitrogens with one attached hydrogen (secondary N) is 1. The fraction of sp³-hybridized carbons (Fsp3) is 0.455. The molecule has 1 atom stereocenters. The van der Waals surface area contributed by atoms with Gasteiger partial charge >= 0.3 is 0 Å². The van der Waals surface area contributed by atoms with Crippen LogP contribution in [0.3, 0.4) is 0 Å². The van der Waals surface area contributed by atoms with Gasteiger partial charge in [-0.15, -0.1) is 0 Å². The fourth-order valence-electron chi connectivity index (χ4n) is 1.01. The Morgan fingerprint density at radius 2 is 2.13 bits per heavy atom. The van der Waals surface area contributed by atoms with Crippen LogP contribution in [0.1, 0.15) is 31.1 Å². The molecule has 1 rings (SSSR count). The van der Waals surface area contributed by atoms with Crippen molar-refractivity contribution in [2.24, 2.45) is 5.92 Å². The van der Waals surface area contributed by atoms with Crippen molar-refractivity contribution in [1.82, 2.24) is 10.3 Å². The topological polar surface area (TPSA) is 42.0 Å². The minimum atomic E-state index is -0.592. The maximum atomic E-state index is 13.2. The van der Waals surface area contributed by atoms with Gasteiger partial charge in [-0.05, 0) is 18.9 Å². The normalized spacial score (nSPS) is 12.6. The second-order valence-electron chi connectivity index (χ2n) is 3.86. The molecule has 1 amide bonds. The molecule has 3 nitrogen and oxygen atoms in total. The van der Waals surface area contributed by atoms with E-state index in [0.29, 0.717) is 5.92 Å². The van der Waals surface area contributed by atoms with Gasteiger partial charge in [-0.1, -0.05) is 13.8 Å². The van der Waals surface area contributed by atoms with Crippen molar-refractivity contribution in [3.8, 4) is 0 Å². The van der Waals surface area contributed by atoms with Gasteiger partial charge in [0.05, 0.1) is 11.8 Å². The summed E-state index contributed by atoms with van der Waals surface area (Å²) < 4.78 is 13.2. The molecular formula is C11H15FN2O. The van der Waals surface area contributed by atoms with E-state index in [2.05, 4.69) is 10.3 Å². The largest absolute Gasteiger partial charge is 0.349 e. The molecule has 82 valence electrons. The van der Waals surface area contributed by atoms with Crippen LogP contribution >= 0.6 is 0 Å². The highest BCUT2D eigenvalue weighted by atomic mass is 19.1. The van der Waals surface area contributed by atoms with E-state index in [0.717, 1.165) is 6.20 Å². The summed E-state index contributed by atoms with van der Waals surface area (Å²) in [4.78, 5) is 15.2. The highest BCUT2D eigenvalue weighted by Crippen LogP contribution is 2.06. The number of amides is 1. The predicted octanol–water partition coefficient (Wildman–Crippen LogP) is 2.00. The second kappa shape index (κ2) is 4.87. The number of pyridine rings is 1. The van der Waals surface area contributed by atoms with Crippen LogP contribution in [0.15, 0.2) is 18.5 Å². The summed E-state index contributed by atoms with van der Waals surface area (Å²) in [6, 6.07) is 1.39. The molecule has 0 radical (unpaired) electrons. The molecule has 1 aromatic rings. The van der Waals surface area contributed by atoms with Gasteiger partial charge in [0, 0.05) is 12.2 Å². The monoisotopic (exact) mass is 210 g/mol. The second-order valence-corrected chi connectivity index (χ2v) is 3.86. The molecule has 4 heteroatoms. The van der Waals surface area contributed by atoms with Crippen LogP contribution in [0, 0.1) is 11.7 Å². The molecule has 1 unspecified atom stereocenters. The van der Waals surface area contributed by atoms with Crippen molar-refractivity contribution < 1.29 is 9.18 Å². The Morgan fingerprint density at radius 1 is 1.47 bits per heavy atom. The van der Waals surface area contributed by atoms with Gasteiger partial charge in [-0.3, -0.25) is 9.78 Å². The maximum absolute atomic E-state index is 13.2. The van der Waals surface area contributed by atoms with Gasteiger partial charge in [0.25, 0.3) is 5.91 Å². The Hall–Kier alpha value is -1.45. The summed E-state index contributed by atoms with van der Waals surface area (Å²) in [5.41, 5.74) is 0.0394. The summed E-state index contributed by atoms with van der Waals surface area (Å²) in [6.45, 7) is 5.88. The van der Waals surface area contributed by atoms with E-state index in [1.165, 1.54) is 12.3 Å². The molecule has 0 fully saturated rings. The van der Waals surface area contributed by atoms with Gasteiger partial charge < -0.3 is 5.32 Å². The molecule has 1 N–H and O–H groups in total. The molecular weight excluding hydrogens is 195 g/mol. The lowest BCUT2D eigenvalue weighted by molar-refractivity contribution is 0.0926. The van der Waals surface area contributed by atoms with Gasteiger partial charge in [0.15, 0.2) is 5.82 Å². The van der Waals surface area contributed by atoms with Gasteiger partial charge in [0.2, 0.25) is 0 Å².